The van der Waals surface area contributed by atoms with Crippen LogP contribution in [0.4, 0.5) is 4.79 Å². The molecule has 0 spiro atoms. The Balaban J connectivity index is 1.41. The van der Waals surface area contributed by atoms with E-state index in [1.807, 2.05) is 31.2 Å². The standard InChI is InChI=1S/C24H22N4O5/c1-15-7-9-16(10-8-15)17-13-18(19-5-3-11-32-19)28(26-17)21(29)14-27-22(30)24(2,25-23(27)31)20-6-4-12-33-20/h3-12,18H,13-14H2,1-2H3,(H,25,31)/t18-,24+/m0/s1. The van der Waals surface area contributed by atoms with Crippen LogP contribution in [0, 0.1) is 6.92 Å². The van der Waals surface area contributed by atoms with Gasteiger partial charge in [-0.1, -0.05) is 29.8 Å². The van der Waals surface area contributed by atoms with Gasteiger partial charge in [-0.2, -0.15) is 5.10 Å². The van der Waals surface area contributed by atoms with E-state index in [1.54, 1.807) is 31.2 Å². The highest BCUT2D eigenvalue weighted by Crippen LogP contribution is 2.34. The van der Waals surface area contributed by atoms with Gasteiger partial charge < -0.3 is 14.2 Å². The number of imide groups is 1. The van der Waals surface area contributed by atoms with Gasteiger partial charge in [0.15, 0.2) is 5.54 Å². The monoisotopic (exact) mass is 446 g/mol. The van der Waals surface area contributed by atoms with E-state index < -0.39 is 36.0 Å². The van der Waals surface area contributed by atoms with Crippen LogP contribution >= 0.6 is 0 Å². The minimum atomic E-state index is -1.37. The lowest BCUT2D eigenvalue weighted by Crippen LogP contribution is -2.43. The third-order valence-electron chi connectivity index (χ3n) is 6.00. The van der Waals surface area contributed by atoms with E-state index in [4.69, 9.17) is 8.83 Å². The molecule has 9 heteroatoms. The van der Waals surface area contributed by atoms with Crippen LogP contribution < -0.4 is 5.32 Å². The number of urea groups is 1. The number of amides is 4. The first kappa shape index (κ1) is 20.7. The number of carbonyl (C=O) groups is 3. The third-order valence-corrected chi connectivity index (χ3v) is 6.00. The molecule has 0 saturated carbocycles. The zero-order chi connectivity index (χ0) is 23.2. The zero-order valence-electron chi connectivity index (χ0n) is 18.1. The molecule has 2 aromatic heterocycles. The summed E-state index contributed by atoms with van der Waals surface area (Å²) in [7, 11) is 0. The molecular formula is C24H22N4O5. The SMILES string of the molecule is Cc1ccc(C2=NN(C(=O)CN3C(=O)N[C@](C)(c4ccco4)C3=O)[C@H](c3ccco3)C2)cc1. The van der Waals surface area contributed by atoms with Gasteiger partial charge in [-0.3, -0.25) is 14.5 Å². The fourth-order valence-corrected chi connectivity index (χ4v) is 4.14. The molecule has 1 saturated heterocycles. The lowest BCUT2D eigenvalue weighted by atomic mass is 9.99. The molecule has 5 rings (SSSR count). The van der Waals surface area contributed by atoms with E-state index in [9.17, 15) is 14.4 Å². The van der Waals surface area contributed by atoms with Crippen LogP contribution in [0.2, 0.25) is 0 Å². The summed E-state index contributed by atoms with van der Waals surface area (Å²) in [6.45, 7) is 3.09. The summed E-state index contributed by atoms with van der Waals surface area (Å²) >= 11 is 0. The number of hydrogen-bond acceptors (Lipinski definition) is 6. The van der Waals surface area contributed by atoms with Crippen LogP contribution in [-0.2, 0) is 15.1 Å². The summed E-state index contributed by atoms with van der Waals surface area (Å²) in [5.74, 6) is -0.185. The zero-order valence-corrected chi connectivity index (χ0v) is 18.1. The van der Waals surface area contributed by atoms with E-state index in [0.29, 0.717) is 17.9 Å². The smallest absolute Gasteiger partial charge is 0.325 e. The molecule has 0 aliphatic carbocycles. The van der Waals surface area contributed by atoms with Crippen molar-refractivity contribution < 1.29 is 23.2 Å². The van der Waals surface area contributed by atoms with Gasteiger partial charge in [0, 0.05) is 6.42 Å². The minimum Gasteiger partial charge on any atom is -0.467 e. The van der Waals surface area contributed by atoms with Crippen molar-refractivity contribution in [2.24, 2.45) is 5.10 Å². The van der Waals surface area contributed by atoms with Gasteiger partial charge in [0.25, 0.3) is 11.8 Å². The maximum Gasteiger partial charge on any atom is 0.325 e. The second-order valence-corrected chi connectivity index (χ2v) is 8.31. The largest absolute Gasteiger partial charge is 0.467 e. The average Bonchev–Trinajstić information content (AvgIpc) is 3.59. The molecule has 2 aliphatic heterocycles. The summed E-state index contributed by atoms with van der Waals surface area (Å²) in [6.07, 6.45) is 3.41. The van der Waals surface area contributed by atoms with E-state index in [1.165, 1.54) is 17.5 Å². The van der Waals surface area contributed by atoms with Crippen molar-refractivity contribution in [3.8, 4) is 0 Å². The minimum absolute atomic E-state index is 0.296. The van der Waals surface area contributed by atoms with Crippen LogP contribution in [0.3, 0.4) is 0 Å². The molecule has 0 unspecified atom stereocenters. The Hall–Kier alpha value is -4.14. The highest BCUT2D eigenvalue weighted by Gasteiger charge is 2.52. The van der Waals surface area contributed by atoms with E-state index in [2.05, 4.69) is 10.4 Å². The second kappa shape index (κ2) is 7.77. The van der Waals surface area contributed by atoms with Crippen molar-refractivity contribution in [2.45, 2.75) is 31.8 Å². The number of nitrogens with zero attached hydrogens (tertiary/aromatic N) is 3. The molecule has 33 heavy (non-hydrogen) atoms. The van der Waals surface area contributed by atoms with Crippen molar-refractivity contribution in [3.05, 3.63) is 83.7 Å². The Kier molecular flexibility index (Phi) is 4.88. The predicted molar refractivity (Wildman–Crippen MR) is 117 cm³/mol. The normalized spacial score (nSPS) is 22.6. The molecule has 9 nitrogen and oxygen atoms in total. The fraction of sp³-hybridized carbons (Fsp3) is 0.250. The number of furan rings is 2. The molecule has 4 heterocycles. The Labute approximate surface area is 189 Å². The van der Waals surface area contributed by atoms with Gasteiger partial charge in [-0.15, -0.1) is 0 Å². The van der Waals surface area contributed by atoms with Crippen molar-refractivity contribution in [1.82, 2.24) is 15.2 Å². The van der Waals surface area contributed by atoms with Crippen LogP contribution in [-0.4, -0.2) is 40.0 Å². The van der Waals surface area contributed by atoms with E-state index >= 15 is 0 Å². The van der Waals surface area contributed by atoms with Gasteiger partial charge in [0.2, 0.25) is 0 Å². The molecule has 168 valence electrons. The molecule has 4 amide bonds. The highest BCUT2D eigenvalue weighted by atomic mass is 16.3. The summed E-state index contributed by atoms with van der Waals surface area (Å²) in [4.78, 5) is 39.9. The molecule has 1 N–H and O–H groups in total. The average molecular weight is 446 g/mol. The Morgan fingerprint density at radius 1 is 1.12 bits per heavy atom. The fourth-order valence-electron chi connectivity index (χ4n) is 4.14. The Bertz CT molecular complexity index is 1230. The number of benzene rings is 1. The summed E-state index contributed by atoms with van der Waals surface area (Å²) in [5, 5.41) is 8.48. The van der Waals surface area contributed by atoms with Crippen molar-refractivity contribution in [1.29, 1.82) is 0 Å². The Morgan fingerprint density at radius 2 is 1.85 bits per heavy atom. The number of carbonyl (C=O) groups excluding carboxylic acids is 3. The van der Waals surface area contributed by atoms with E-state index in [0.717, 1.165) is 21.7 Å². The molecule has 1 aromatic carbocycles. The summed E-state index contributed by atoms with van der Waals surface area (Å²) in [6, 6.07) is 13.5. The first-order valence-corrected chi connectivity index (χ1v) is 10.5. The van der Waals surface area contributed by atoms with Gasteiger partial charge in [-0.05, 0) is 43.7 Å². The number of rotatable bonds is 5. The van der Waals surface area contributed by atoms with Crippen LogP contribution in [0.15, 0.2) is 75.0 Å². The maximum absolute atomic E-state index is 13.3. The molecule has 3 aromatic rings. The lowest BCUT2D eigenvalue weighted by Gasteiger charge is -2.23. The Morgan fingerprint density at radius 3 is 2.52 bits per heavy atom. The van der Waals surface area contributed by atoms with Crippen LogP contribution in [0.25, 0.3) is 0 Å². The summed E-state index contributed by atoms with van der Waals surface area (Å²) in [5.41, 5.74) is 1.36. The van der Waals surface area contributed by atoms with Crippen molar-refractivity contribution >= 4 is 23.6 Å². The highest BCUT2D eigenvalue weighted by molar-refractivity contribution is 6.09. The predicted octanol–water partition coefficient (Wildman–Crippen LogP) is 3.33. The second-order valence-electron chi connectivity index (χ2n) is 8.31. The number of hydrogen-bond donors (Lipinski definition) is 1. The summed E-state index contributed by atoms with van der Waals surface area (Å²) < 4.78 is 10.9. The third kappa shape index (κ3) is 3.51. The van der Waals surface area contributed by atoms with E-state index in [-0.39, 0.29) is 0 Å². The van der Waals surface area contributed by atoms with Crippen LogP contribution in [0.5, 0.6) is 0 Å². The maximum atomic E-state index is 13.3. The molecule has 2 atom stereocenters. The first-order valence-electron chi connectivity index (χ1n) is 10.5. The number of aryl methyl sites for hydroxylation is 1. The van der Waals surface area contributed by atoms with Gasteiger partial charge in [-0.25, -0.2) is 9.80 Å². The molecular weight excluding hydrogens is 424 g/mol. The molecule has 0 bridgehead atoms. The quantitative estimate of drug-likeness (QED) is 0.605. The molecule has 1 fully saturated rings. The lowest BCUT2D eigenvalue weighted by molar-refractivity contribution is -0.140. The van der Waals surface area contributed by atoms with Gasteiger partial charge in [0.1, 0.15) is 24.1 Å². The van der Waals surface area contributed by atoms with Gasteiger partial charge in [0.05, 0.1) is 18.2 Å². The first-order chi connectivity index (χ1) is 15.9. The number of hydrazone groups is 1. The van der Waals surface area contributed by atoms with Crippen LogP contribution in [0.1, 0.15) is 42.0 Å². The molecule has 0 radical (unpaired) electrons. The van der Waals surface area contributed by atoms with Gasteiger partial charge >= 0.3 is 6.03 Å². The number of nitrogens with one attached hydrogen (secondary N) is 1. The van der Waals surface area contributed by atoms with Crippen molar-refractivity contribution in [2.75, 3.05) is 6.54 Å². The molecule has 2 aliphatic rings. The van der Waals surface area contributed by atoms with Crippen molar-refractivity contribution in [3.63, 3.8) is 0 Å². The topological polar surface area (TPSA) is 108 Å².